The number of benzene rings is 2. The van der Waals surface area contributed by atoms with Crippen molar-refractivity contribution >= 4 is 39.1 Å². The predicted octanol–water partition coefficient (Wildman–Crippen LogP) is 5.75. The molecule has 1 unspecified atom stereocenters. The molecule has 0 aliphatic carbocycles. The van der Waals surface area contributed by atoms with Gasteiger partial charge in [0.05, 0.1) is 10.0 Å². The largest absolute Gasteiger partial charge is 0.306 e. The molecule has 0 aliphatic rings. The Bertz CT molecular complexity index is 619. The second-order valence-electron chi connectivity index (χ2n) is 4.51. The molecule has 0 aromatic heterocycles. The van der Waals surface area contributed by atoms with Gasteiger partial charge in [-0.2, -0.15) is 0 Å². The maximum atomic E-state index is 13.0. The van der Waals surface area contributed by atoms with Gasteiger partial charge in [-0.3, -0.25) is 0 Å². The molecule has 0 saturated heterocycles. The number of rotatable bonds is 4. The highest BCUT2D eigenvalue weighted by molar-refractivity contribution is 9.10. The van der Waals surface area contributed by atoms with E-state index in [9.17, 15) is 4.39 Å². The first kappa shape index (κ1) is 15.8. The summed E-state index contributed by atoms with van der Waals surface area (Å²) in [7, 11) is 0. The minimum atomic E-state index is -0.252. The molecule has 0 heterocycles. The third-order valence-electron chi connectivity index (χ3n) is 3.06. The Hall–Kier alpha value is -0.610. The molecular formula is C15H13BrCl2FN. The number of hydrogen-bond acceptors (Lipinski definition) is 1. The van der Waals surface area contributed by atoms with Gasteiger partial charge in [0.1, 0.15) is 5.82 Å². The number of hydrogen-bond donors (Lipinski definition) is 1. The van der Waals surface area contributed by atoms with E-state index < -0.39 is 0 Å². The van der Waals surface area contributed by atoms with E-state index in [-0.39, 0.29) is 11.9 Å². The van der Waals surface area contributed by atoms with Crippen LogP contribution in [0.5, 0.6) is 0 Å². The van der Waals surface area contributed by atoms with Gasteiger partial charge in [0, 0.05) is 17.1 Å². The molecule has 0 aliphatic heterocycles. The van der Waals surface area contributed by atoms with E-state index in [0.29, 0.717) is 16.6 Å². The number of nitrogens with one attached hydrogen (secondary N) is 1. The van der Waals surface area contributed by atoms with E-state index in [4.69, 9.17) is 23.2 Å². The fourth-order valence-corrected chi connectivity index (χ4v) is 2.63. The summed E-state index contributed by atoms with van der Waals surface area (Å²) in [6, 6.07) is 10.3. The van der Waals surface area contributed by atoms with Gasteiger partial charge in [-0.15, -0.1) is 0 Å². The van der Waals surface area contributed by atoms with Crippen LogP contribution in [-0.2, 0) is 6.54 Å². The monoisotopic (exact) mass is 375 g/mol. The van der Waals surface area contributed by atoms with E-state index >= 15 is 0 Å². The molecule has 0 radical (unpaired) electrons. The van der Waals surface area contributed by atoms with Crippen molar-refractivity contribution in [3.8, 4) is 0 Å². The van der Waals surface area contributed by atoms with Gasteiger partial charge in [-0.25, -0.2) is 4.39 Å². The quantitative estimate of drug-likeness (QED) is 0.716. The van der Waals surface area contributed by atoms with E-state index in [0.717, 1.165) is 15.6 Å². The zero-order chi connectivity index (χ0) is 14.7. The summed E-state index contributed by atoms with van der Waals surface area (Å²) in [5.41, 5.74) is 2.05. The van der Waals surface area contributed by atoms with Gasteiger partial charge in [0.25, 0.3) is 0 Å². The van der Waals surface area contributed by atoms with Crippen molar-refractivity contribution in [3.63, 3.8) is 0 Å². The summed E-state index contributed by atoms with van der Waals surface area (Å²) in [5.74, 6) is -0.252. The van der Waals surface area contributed by atoms with Crippen molar-refractivity contribution in [3.05, 3.63) is 67.9 Å². The molecule has 20 heavy (non-hydrogen) atoms. The maximum Gasteiger partial charge on any atom is 0.124 e. The van der Waals surface area contributed by atoms with Crippen LogP contribution in [0.4, 0.5) is 4.39 Å². The van der Waals surface area contributed by atoms with Crippen LogP contribution < -0.4 is 5.32 Å². The fraction of sp³-hybridized carbons (Fsp3) is 0.200. The molecular weight excluding hydrogens is 364 g/mol. The summed E-state index contributed by atoms with van der Waals surface area (Å²) < 4.78 is 13.8. The van der Waals surface area contributed by atoms with Gasteiger partial charge in [-0.05, 0) is 42.3 Å². The lowest BCUT2D eigenvalue weighted by atomic mass is 10.1. The Morgan fingerprint density at radius 2 is 1.90 bits per heavy atom. The Balaban J connectivity index is 2.04. The molecule has 5 heteroatoms. The minimum Gasteiger partial charge on any atom is -0.306 e. The van der Waals surface area contributed by atoms with Crippen LogP contribution in [0.1, 0.15) is 24.1 Å². The summed E-state index contributed by atoms with van der Waals surface area (Å²) in [5, 5.41) is 4.46. The Kier molecular flexibility index (Phi) is 5.44. The molecule has 1 atom stereocenters. The maximum absolute atomic E-state index is 13.0. The van der Waals surface area contributed by atoms with Gasteiger partial charge in [0.2, 0.25) is 0 Å². The Morgan fingerprint density at radius 1 is 1.15 bits per heavy atom. The van der Waals surface area contributed by atoms with Gasteiger partial charge in [-0.1, -0.05) is 51.3 Å². The van der Waals surface area contributed by atoms with Crippen LogP contribution in [0.2, 0.25) is 10.0 Å². The highest BCUT2D eigenvalue weighted by Crippen LogP contribution is 2.26. The average molecular weight is 377 g/mol. The van der Waals surface area contributed by atoms with Crippen LogP contribution in [0.25, 0.3) is 0 Å². The molecule has 2 aromatic carbocycles. The third-order valence-corrected chi connectivity index (χ3v) is 4.53. The molecule has 0 fully saturated rings. The van der Waals surface area contributed by atoms with Crippen LogP contribution in [0, 0.1) is 5.82 Å². The smallest absolute Gasteiger partial charge is 0.124 e. The summed E-state index contributed by atoms with van der Waals surface area (Å²) in [4.78, 5) is 0. The van der Waals surface area contributed by atoms with E-state index in [1.807, 2.05) is 19.1 Å². The van der Waals surface area contributed by atoms with E-state index in [1.54, 1.807) is 12.1 Å². The molecule has 0 spiro atoms. The van der Waals surface area contributed by atoms with E-state index in [2.05, 4.69) is 21.2 Å². The number of halogens is 4. The first-order valence-electron chi connectivity index (χ1n) is 6.09. The van der Waals surface area contributed by atoms with Crippen molar-refractivity contribution in [2.75, 3.05) is 0 Å². The van der Waals surface area contributed by atoms with Gasteiger partial charge in [0.15, 0.2) is 0 Å². The van der Waals surface area contributed by atoms with Crippen molar-refractivity contribution in [2.24, 2.45) is 0 Å². The van der Waals surface area contributed by atoms with Crippen molar-refractivity contribution in [1.82, 2.24) is 5.32 Å². The zero-order valence-corrected chi connectivity index (χ0v) is 13.9. The SMILES string of the molecule is CC(NCc1ccc(F)cc1Br)c1ccc(Cl)c(Cl)c1. The Labute approximate surface area is 136 Å². The average Bonchev–Trinajstić information content (AvgIpc) is 2.40. The lowest BCUT2D eigenvalue weighted by molar-refractivity contribution is 0.571. The topological polar surface area (TPSA) is 12.0 Å². The standard InChI is InChI=1S/C15H13BrCl2FN/c1-9(10-3-5-14(17)15(18)6-10)20-8-11-2-4-12(19)7-13(11)16/h2-7,9,20H,8H2,1H3. The minimum absolute atomic E-state index is 0.113. The first-order chi connectivity index (χ1) is 9.47. The van der Waals surface area contributed by atoms with Crippen LogP contribution in [0.15, 0.2) is 40.9 Å². The lowest BCUT2D eigenvalue weighted by Crippen LogP contribution is -2.18. The van der Waals surface area contributed by atoms with Crippen molar-refractivity contribution < 1.29 is 4.39 Å². The molecule has 0 bridgehead atoms. The van der Waals surface area contributed by atoms with E-state index in [1.165, 1.54) is 12.1 Å². The first-order valence-corrected chi connectivity index (χ1v) is 7.64. The Morgan fingerprint density at radius 3 is 2.55 bits per heavy atom. The summed E-state index contributed by atoms with van der Waals surface area (Å²) in [6.45, 7) is 2.67. The second kappa shape index (κ2) is 6.90. The van der Waals surface area contributed by atoms with Crippen LogP contribution in [0.3, 0.4) is 0 Å². The molecule has 0 saturated carbocycles. The van der Waals surface area contributed by atoms with Gasteiger partial charge >= 0.3 is 0 Å². The second-order valence-corrected chi connectivity index (χ2v) is 6.18. The fourth-order valence-electron chi connectivity index (χ4n) is 1.83. The third kappa shape index (κ3) is 3.95. The molecule has 1 N–H and O–H groups in total. The summed E-state index contributed by atoms with van der Waals surface area (Å²) >= 11 is 15.3. The van der Waals surface area contributed by atoms with Crippen molar-refractivity contribution in [2.45, 2.75) is 19.5 Å². The van der Waals surface area contributed by atoms with Crippen LogP contribution in [-0.4, -0.2) is 0 Å². The zero-order valence-electron chi connectivity index (χ0n) is 10.8. The predicted molar refractivity (Wildman–Crippen MR) is 85.8 cm³/mol. The highest BCUT2D eigenvalue weighted by atomic mass is 79.9. The normalized spacial score (nSPS) is 12.4. The molecule has 1 nitrogen and oxygen atoms in total. The van der Waals surface area contributed by atoms with Gasteiger partial charge < -0.3 is 5.32 Å². The molecule has 2 rings (SSSR count). The molecule has 2 aromatic rings. The molecule has 106 valence electrons. The van der Waals surface area contributed by atoms with Crippen molar-refractivity contribution in [1.29, 1.82) is 0 Å². The van der Waals surface area contributed by atoms with Crippen LogP contribution >= 0.6 is 39.1 Å². The highest BCUT2D eigenvalue weighted by Gasteiger charge is 2.08. The summed E-state index contributed by atoms with van der Waals surface area (Å²) in [6.07, 6.45) is 0. The molecule has 0 amide bonds. The lowest BCUT2D eigenvalue weighted by Gasteiger charge is -2.15.